The van der Waals surface area contributed by atoms with Gasteiger partial charge in [-0.05, 0) is 31.0 Å². The fourth-order valence-corrected chi connectivity index (χ4v) is 2.98. The molecule has 0 spiro atoms. The molecule has 0 saturated carbocycles. The van der Waals surface area contributed by atoms with Crippen molar-refractivity contribution in [1.82, 2.24) is 0 Å². The second-order valence-corrected chi connectivity index (χ2v) is 5.83. The third kappa shape index (κ3) is 3.34. The van der Waals surface area contributed by atoms with Crippen LogP contribution in [0.5, 0.6) is 11.5 Å². The molecule has 1 unspecified atom stereocenters. The van der Waals surface area contributed by atoms with Crippen LogP contribution in [0.4, 0.5) is 0 Å². The van der Waals surface area contributed by atoms with Gasteiger partial charge in [-0.3, -0.25) is 0 Å². The molecule has 0 aliphatic carbocycles. The van der Waals surface area contributed by atoms with Crippen molar-refractivity contribution in [3.8, 4) is 11.5 Å². The van der Waals surface area contributed by atoms with Gasteiger partial charge in [-0.15, -0.1) is 0 Å². The summed E-state index contributed by atoms with van der Waals surface area (Å²) in [5.74, 6) is 1.83. The Kier molecular flexibility index (Phi) is 5.07. The first-order chi connectivity index (χ1) is 9.65. The average molecular weight is 335 g/mol. The summed E-state index contributed by atoms with van der Waals surface area (Å²) in [5, 5.41) is 0. The highest BCUT2D eigenvalue weighted by Crippen LogP contribution is 2.36. The number of rotatable bonds is 5. The fourth-order valence-electron chi connectivity index (χ4n) is 2.27. The predicted octanol–water partition coefficient (Wildman–Crippen LogP) is 4.69. The zero-order valence-electron chi connectivity index (χ0n) is 12.0. The minimum Gasteiger partial charge on any atom is -0.496 e. The van der Waals surface area contributed by atoms with Crippen molar-refractivity contribution in [2.24, 2.45) is 0 Å². The Morgan fingerprint density at radius 1 is 1.00 bits per heavy atom. The number of alkyl halides is 1. The molecule has 3 heteroatoms. The summed E-state index contributed by atoms with van der Waals surface area (Å²) >= 11 is 3.78. The van der Waals surface area contributed by atoms with Gasteiger partial charge < -0.3 is 9.47 Å². The molecule has 0 aliphatic rings. The van der Waals surface area contributed by atoms with Crippen LogP contribution in [-0.4, -0.2) is 14.2 Å². The van der Waals surface area contributed by atoms with Gasteiger partial charge in [0.1, 0.15) is 11.5 Å². The normalized spacial score (nSPS) is 12.0. The molecule has 0 fully saturated rings. The molecule has 2 rings (SSSR count). The summed E-state index contributed by atoms with van der Waals surface area (Å²) in [6.07, 6.45) is 0.851. The van der Waals surface area contributed by atoms with Crippen LogP contribution < -0.4 is 9.47 Å². The Balaban J connectivity index is 2.28. The maximum absolute atomic E-state index is 5.45. The Morgan fingerprint density at radius 3 is 2.40 bits per heavy atom. The summed E-state index contributed by atoms with van der Waals surface area (Å²) in [6.45, 7) is 2.09. The highest BCUT2D eigenvalue weighted by molar-refractivity contribution is 9.09. The molecular formula is C17H19BrO2. The molecule has 0 radical (unpaired) electrons. The highest BCUT2D eigenvalue weighted by Gasteiger charge is 2.15. The molecule has 0 amide bonds. The van der Waals surface area contributed by atoms with Gasteiger partial charge in [0.2, 0.25) is 0 Å². The minimum absolute atomic E-state index is 0.189. The number of methoxy groups -OCH3 is 2. The summed E-state index contributed by atoms with van der Waals surface area (Å²) in [6, 6.07) is 14.3. The molecule has 0 bridgehead atoms. The number of benzene rings is 2. The molecule has 0 aromatic heterocycles. The Labute approximate surface area is 128 Å². The van der Waals surface area contributed by atoms with Gasteiger partial charge >= 0.3 is 0 Å². The van der Waals surface area contributed by atoms with E-state index in [0.29, 0.717) is 0 Å². The standard InChI is InChI=1S/C17H19BrO2/c1-12-8-9-17(20-3)14(10-12)15(18)11-13-6-4-5-7-16(13)19-2/h4-10,15H,11H2,1-3H3. The Morgan fingerprint density at radius 2 is 1.70 bits per heavy atom. The van der Waals surface area contributed by atoms with E-state index in [4.69, 9.17) is 9.47 Å². The zero-order chi connectivity index (χ0) is 14.5. The SMILES string of the molecule is COc1ccccc1CC(Br)c1cc(C)ccc1OC. The van der Waals surface area contributed by atoms with Crippen molar-refractivity contribution in [3.05, 3.63) is 59.2 Å². The van der Waals surface area contributed by atoms with Gasteiger partial charge in [-0.2, -0.15) is 0 Å². The van der Waals surface area contributed by atoms with Gasteiger partial charge in [0, 0.05) is 10.4 Å². The number of hydrogen-bond acceptors (Lipinski definition) is 2. The largest absolute Gasteiger partial charge is 0.496 e. The van der Waals surface area contributed by atoms with Crippen molar-refractivity contribution in [1.29, 1.82) is 0 Å². The maximum atomic E-state index is 5.45. The topological polar surface area (TPSA) is 18.5 Å². The lowest BCUT2D eigenvalue weighted by atomic mass is 10.0. The van der Waals surface area contributed by atoms with E-state index in [0.717, 1.165) is 17.9 Å². The van der Waals surface area contributed by atoms with Crippen LogP contribution >= 0.6 is 15.9 Å². The molecule has 0 aliphatic heterocycles. The molecule has 0 N–H and O–H groups in total. The predicted molar refractivity (Wildman–Crippen MR) is 86.1 cm³/mol. The van der Waals surface area contributed by atoms with Crippen LogP contribution in [0, 0.1) is 6.92 Å². The maximum Gasteiger partial charge on any atom is 0.123 e. The zero-order valence-corrected chi connectivity index (χ0v) is 13.6. The molecule has 2 aromatic carbocycles. The van der Waals surface area contributed by atoms with Crippen LogP contribution in [-0.2, 0) is 6.42 Å². The fraction of sp³-hybridized carbons (Fsp3) is 0.294. The molecule has 2 aromatic rings. The first-order valence-electron chi connectivity index (χ1n) is 6.56. The number of para-hydroxylation sites is 1. The monoisotopic (exact) mass is 334 g/mol. The van der Waals surface area contributed by atoms with Crippen LogP contribution in [0.3, 0.4) is 0 Å². The summed E-state index contributed by atoms with van der Waals surface area (Å²) in [5.41, 5.74) is 3.57. The van der Waals surface area contributed by atoms with Crippen LogP contribution in [0.2, 0.25) is 0 Å². The molecule has 0 heterocycles. The Hall–Kier alpha value is -1.48. The third-order valence-corrected chi connectivity index (χ3v) is 4.13. The first-order valence-corrected chi connectivity index (χ1v) is 7.47. The van der Waals surface area contributed by atoms with Crippen LogP contribution in [0.25, 0.3) is 0 Å². The Bertz CT molecular complexity index is 581. The summed E-state index contributed by atoms with van der Waals surface area (Å²) in [7, 11) is 3.41. The van der Waals surface area contributed by atoms with Crippen molar-refractivity contribution < 1.29 is 9.47 Å². The molecular weight excluding hydrogens is 316 g/mol. The van der Waals surface area contributed by atoms with E-state index in [9.17, 15) is 0 Å². The van der Waals surface area contributed by atoms with Crippen LogP contribution in [0.1, 0.15) is 21.5 Å². The number of aryl methyl sites for hydroxylation is 1. The lowest BCUT2D eigenvalue weighted by Crippen LogP contribution is -2.01. The number of halogens is 1. The molecule has 1 atom stereocenters. The lowest BCUT2D eigenvalue weighted by molar-refractivity contribution is 0.405. The lowest BCUT2D eigenvalue weighted by Gasteiger charge is -2.16. The minimum atomic E-state index is 0.189. The average Bonchev–Trinajstić information content (AvgIpc) is 2.47. The smallest absolute Gasteiger partial charge is 0.123 e. The second-order valence-electron chi connectivity index (χ2n) is 4.73. The van der Waals surface area contributed by atoms with E-state index in [1.807, 2.05) is 24.3 Å². The van der Waals surface area contributed by atoms with E-state index in [1.54, 1.807) is 14.2 Å². The highest BCUT2D eigenvalue weighted by atomic mass is 79.9. The van der Waals surface area contributed by atoms with Gasteiger partial charge in [0.05, 0.1) is 14.2 Å². The van der Waals surface area contributed by atoms with E-state index in [1.165, 1.54) is 16.7 Å². The molecule has 106 valence electrons. The summed E-state index contributed by atoms with van der Waals surface area (Å²) in [4.78, 5) is 0.189. The van der Waals surface area contributed by atoms with Crippen molar-refractivity contribution in [3.63, 3.8) is 0 Å². The van der Waals surface area contributed by atoms with Crippen molar-refractivity contribution >= 4 is 15.9 Å². The van der Waals surface area contributed by atoms with E-state index < -0.39 is 0 Å². The molecule has 0 saturated heterocycles. The third-order valence-electron chi connectivity index (χ3n) is 3.31. The van der Waals surface area contributed by atoms with Crippen LogP contribution in [0.15, 0.2) is 42.5 Å². The van der Waals surface area contributed by atoms with E-state index in [-0.39, 0.29) is 4.83 Å². The molecule has 2 nitrogen and oxygen atoms in total. The second kappa shape index (κ2) is 6.80. The van der Waals surface area contributed by atoms with Gasteiger partial charge in [0.15, 0.2) is 0 Å². The van der Waals surface area contributed by atoms with E-state index >= 15 is 0 Å². The number of ether oxygens (including phenoxy) is 2. The van der Waals surface area contributed by atoms with Crippen molar-refractivity contribution in [2.45, 2.75) is 18.2 Å². The van der Waals surface area contributed by atoms with Gasteiger partial charge in [-0.25, -0.2) is 0 Å². The summed E-state index contributed by atoms with van der Waals surface area (Å²) < 4.78 is 10.9. The van der Waals surface area contributed by atoms with Crippen molar-refractivity contribution in [2.75, 3.05) is 14.2 Å². The first kappa shape index (κ1) is 14.9. The molecule has 20 heavy (non-hydrogen) atoms. The van der Waals surface area contributed by atoms with Gasteiger partial charge in [0.25, 0.3) is 0 Å². The van der Waals surface area contributed by atoms with Gasteiger partial charge in [-0.1, -0.05) is 51.8 Å². The van der Waals surface area contributed by atoms with E-state index in [2.05, 4.69) is 41.1 Å². The quantitative estimate of drug-likeness (QED) is 0.738. The number of hydrogen-bond donors (Lipinski definition) is 0.